The van der Waals surface area contributed by atoms with Gasteiger partial charge >= 0.3 is 0 Å². The molecule has 0 aliphatic carbocycles. The number of benzene rings is 1. The van der Waals surface area contributed by atoms with E-state index in [4.69, 9.17) is 0 Å². The van der Waals surface area contributed by atoms with Crippen molar-refractivity contribution in [2.75, 3.05) is 0 Å². The van der Waals surface area contributed by atoms with Gasteiger partial charge in [0.25, 0.3) is 0 Å². The van der Waals surface area contributed by atoms with Gasteiger partial charge in [0.05, 0.1) is 18.6 Å². The van der Waals surface area contributed by atoms with Crippen molar-refractivity contribution in [3.63, 3.8) is 0 Å². The van der Waals surface area contributed by atoms with E-state index in [9.17, 15) is 0 Å². The van der Waals surface area contributed by atoms with Gasteiger partial charge < -0.3 is 0 Å². The van der Waals surface area contributed by atoms with Crippen LogP contribution in [-0.4, -0.2) is 30.6 Å². The fourth-order valence-corrected chi connectivity index (χ4v) is 2.35. The first-order valence-corrected chi connectivity index (χ1v) is 6.53. The molecule has 4 rings (SSSR count). The summed E-state index contributed by atoms with van der Waals surface area (Å²) in [5, 5.41) is 20.6. The molecule has 0 amide bonds. The van der Waals surface area contributed by atoms with E-state index in [2.05, 4.69) is 48.8 Å². The number of rotatable bonds is 3. The second-order valence-electron chi connectivity index (χ2n) is 4.76. The van der Waals surface area contributed by atoms with Crippen molar-refractivity contribution in [2.45, 2.75) is 0 Å². The van der Waals surface area contributed by atoms with Gasteiger partial charge in [-0.25, -0.2) is 0 Å². The first kappa shape index (κ1) is 11.7. The molecular weight excluding hydrogens is 264 g/mol. The second-order valence-corrected chi connectivity index (χ2v) is 4.76. The first-order valence-electron chi connectivity index (χ1n) is 6.53. The van der Waals surface area contributed by atoms with Crippen molar-refractivity contribution in [3.8, 4) is 33.4 Å². The summed E-state index contributed by atoms with van der Waals surface area (Å²) in [7, 11) is 0. The molecule has 0 fully saturated rings. The van der Waals surface area contributed by atoms with E-state index in [0.717, 1.165) is 33.4 Å². The number of aromatic amines is 3. The van der Waals surface area contributed by atoms with Crippen LogP contribution in [0.5, 0.6) is 0 Å². The predicted octanol–water partition coefficient (Wildman–Crippen LogP) is 2.86. The highest BCUT2D eigenvalue weighted by Gasteiger charge is 2.09. The van der Waals surface area contributed by atoms with Crippen LogP contribution >= 0.6 is 0 Å². The maximum atomic E-state index is 4.02. The second kappa shape index (κ2) is 4.75. The molecular formula is C15H12N6. The van der Waals surface area contributed by atoms with Crippen molar-refractivity contribution in [1.82, 2.24) is 30.6 Å². The van der Waals surface area contributed by atoms with E-state index >= 15 is 0 Å². The smallest absolute Gasteiger partial charge is 0.0565 e. The summed E-state index contributed by atoms with van der Waals surface area (Å²) in [5.74, 6) is 0. The Hall–Kier alpha value is -3.15. The summed E-state index contributed by atoms with van der Waals surface area (Å²) in [5.41, 5.74) is 6.43. The number of hydrogen-bond donors (Lipinski definition) is 3. The average molecular weight is 276 g/mol. The van der Waals surface area contributed by atoms with E-state index in [0.29, 0.717) is 0 Å². The SMILES string of the molecule is c1n[nH]cc1-c1cc(-c2cn[nH]c2)cc(-c2cn[nH]c2)c1. The van der Waals surface area contributed by atoms with Gasteiger partial charge in [-0.15, -0.1) is 0 Å². The molecule has 0 aliphatic rings. The molecule has 3 heterocycles. The first-order chi connectivity index (χ1) is 10.4. The Morgan fingerprint density at radius 3 is 1.05 bits per heavy atom. The van der Waals surface area contributed by atoms with Crippen molar-refractivity contribution in [2.24, 2.45) is 0 Å². The van der Waals surface area contributed by atoms with Crippen LogP contribution in [-0.2, 0) is 0 Å². The van der Waals surface area contributed by atoms with Gasteiger partial charge in [0.2, 0.25) is 0 Å². The largest absolute Gasteiger partial charge is 0.285 e. The minimum Gasteiger partial charge on any atom is -0.285 e. The fraction of sp³-hybridized carbons (Fsp3) is 0. The normalized spacial score (nSPS) is 10.9. The lowest BCUT2D eigenvalue weighted by Gasteiger charge is -2.06. The molecule has 1 aromatic carbocycles. The third-order valence-electron chi connectivity index (χ3n) is 3.43. The standard InChI is InChI=1S/C15H12N6/c1-10(13-4-16-17-5-13)2-12(15-8-20-21-9-15)3-11(1)14-6-18-19-7-14/h1-9H,(H,16,17)(H,18,19)(H,20,21). The van der Waals surface area contributed by atoms with Gasteiger partial charge in [0, 0.05) is 35.3 Å². The Balaban J connectivity index is 1.92. The van der Waals surface area contributed by atoms with Crippen LogP contribution in [0.3, 0.4) is 0 Å². The number of nitrogens with one attached hydrogen (secondary N) is 3. The minimum atomic E-state index is 1.05. The molecule has 0 spiro atoms. The third kappa shape index (κ3) is 2.12. The molecule has 6 nitrogen and oxygen atoms in total. The maximum absolute atomic E-state index is 4.02. The molecule has 0 saturated carbocycles. The minimum absolute atomic E-state index is 1.05. The summed E-state index contributed by atoms with van der Waals surface area (Å²) in [6.45, 7) is 0. The van der Waals surface area contributed by atoms with Crippen LogP contribution in [0.15, 0.2) is 55.4 Å². The van der Waals surface area contributed by atoms with Gasteiger partial charge in [0.1, 0.15) is 0 Å². The van der Waals surface area contributed by atoms with Crippen LogP contribution in [0.4, 0.5) is 0 Å². The highest BCUT2D eigenvalue weighted by molar-refractivity contribution is 5.80. The zero-order valence-corrected chi connectivity index (χ0v) is 11.0. The average Bonchev–Trinajstić information content (AvgIpc) is 3.29. The van der Waals surface area contributed by atoms with Crippen molar-refractivity contribution in [3.05, 3.63) is 55.4 Å². The lowest BCUT2D eigenvalue weighted by molar-refractivity contribution is 1.09. The topological polar surface area (TPSA) is 86.0 Å². The van der Waals surface area contributed by atoms with Gasteiger partial charge in [-0.1, -0.05) is 0 Å². The molecule has 0 radical (unpaired) electrons. The number of H-pyrrole nitrogens is 3. The lowest BCUT2D eigenvalue weighted by Crippen LogP contribution is -1.83. The fourth-order valence-electron chi connectivity index (χ4n) is 2.35. The molecule has 21 heavy (non-hydrogen) atoms. The highest BCUT2D eigenvalue weighted by Crippen LogP contribution is 2.31. The summed E-state index contributed by atoms with van der Waals surface area (Å²) < 4.78 is 0. The maximum Gasteiger partial charge on any atom is 0.0565 e. The van der Waals surface area contributed by atoms with Crippen LogP contribution in [0.2, 0.25) is 0 Å². The van der Waals surface area contributed by atoms with Crippen molar-refractivity contribution < 1.29 is 0 Å². The van der Waals surface area contributed by atoms with Gasteiger partial charge in [-0.05, 0) is 34.9 Å². The molecule has 0 unspecified atom stereocenters. The monoisotopic (exact) mass is 276 g/mol. The van der Waals surface area contributed by atoms with Crippen molar-refractivity contribution in [1.29, 1.82) is 0 Å². The molecule has 3 aromatic heterocycles. The summed E-state index contributed by atoms with van der Waals surface area (Å²) >= 11 is 0. The molecule has 6 heteroatoms. The predicted molar refractivity (Wildman–Crippen MR) is 79.2 cm³/mol. The number of aromatic nitrogens is 6. The molecule has 0 atom stereocenters. The Bertz CT molecular complexity index is 701. The molecule has 3 N–H and O–H groups in total. The Morgan fingerprint density at radius 1 is 0.476 bits per heavy atom. The lowest BCUT2D eigenvalue weighted by atomic mass is 9.97. The Labute approximate surface area is 120 Å². The summed E-state index contributed by atoms with van der Waals surface area (Å²) in [6.07, 6.45) is 11.1. The molecule has 4 aromatic rings. The molecule has 0 aliphatic heterocycles. The van der Waals surface area contributed by atoms with Crippen LogP contribution in [0, 0.1) is 0 Å². The van der Waals surface area contributed by atoms with Crippen LogP contribution < -0.4 is 0 Å². The highest BCUT2D eigenvalue weighted by atomic mass is 15.1. The third-order valence-corrected chi connectivity index (χ3v) is 3.43. The zero-order valence-electron chi connectivity index (χ0n) is 11.0. The van der Waals surface area contributed by atoms with E-state index < -0.39 is 0 Å². The quantitative estimate of drug-likeness (QED) is 0.537. The van der Waals surface area contributed by atoms with Gasteiger partial charge in [-0.2, -0.15) is 15.3 Å². The molecule has 102 valence electrons. The summed E-state index contributed by atoms with van der Waals surface area (Å²) in [4.78, 5) is 0. The van der Waals surface area contributed by atoms with Gasteiger partial charge in [0.15, 0.2) is 0 Å². The number of hydrogen-bond acceptors (Lipinski definition) is 3. The molecule has 0 bridgehead atoms. The van der Waals surface area contributed by atoms with E-state index in [-0.39, 0.29) is 0 Å². The number of nitrogens with zero attached hydrogens (tertiary/aromatic N) is 3. The van der Waals surface area contributed by atoms with E-state index in [1.54, 1.807) is 0 Å². The Morgan fingerprint density at radius 2 is 0.810 bits per heavy atom. The van der Waals surface area contributed by atoms with Crippen LogP contribution in [0.1, 0.15) is 0 Å². The van der Waals surface area contributed by atoms with Gasteiger partial charge in [-0.3, -0.25) is 15.3 Å². The van der Waals surface area contributed by atoms with Crippen LogP contribution in [0.25, 0.3) is 33.4 Å². The summed E-state index contributed by atoms with van der Waals surface area (Å²) in [6, 6.07) is 6.37. The Kier molecular flexibility index (Phi) is 2.64. The molecule has 0 saturated heterocycles. The van der Waals surface area contributed by atoms with Crippen molar-refractivity contribution >= 4 is 0 Å². The van der Waals surface area contributed by atoms with E-state index in [1.807, 2.05) is 37.2 Å². The zero-order chi connectivity index (χ0) is 14.1. The van der Waals surface area contributed by atoms with E-state index in [1.165, 1.54) is 0 Å².